The molecule has 2 fully saturated rings. The molecule has 1 saturated carbocycles. The summed E-state index contributed by atoms with van der Waals surface area (Å²) < 4.78 is 0. The molecule has 1 amide bonds. The molecule has 3 nitrogen and oxygen atoms in total. The fourth-order valence-electron chi connectivity index (χ4n) is 2.57. The van der Waals surface area contributed by atoms with Gasteiger partial charge < -0.3 is 4.90 Å². The fourth-order valence-corrected chi connectivity index (χ4v) is 2.57. The molecule has 0 aromatic carbocycles. The number of nitrogens with zero attached hydrogens (tertiary/aromatic N) is 1. The van der Waals surface area contributed by atoms with Crippen LogP contribution in [0.25, 0.3) is 0 Å². The Morgan fingerprint density at radius 3 is 1.84 bits per heavy atom. The number of rotatable bonds is 2. The second-order valence-electron chi connectivity index (χ2n) is 4.98. The van der Waals surface area contributed by atoms with Crippen LogP contribution in [0.5, 0.6) is 0 Å². The lowest BCUT2D eigenvalue weighted by atomic mass is 10.1. The van der Waals surface area contributed by atoms with Crippen molar-refractivity contribution in [2.45, 2.75) is 85.1 Å². The van der Waals surface area contributed by atoms with Crippen molar-refractivity contribution in [2.24, 2.45) is 0 Å². The first-order chi connectivity index (χ1) is 9.16. The summed E-state index contributed by atoms with van der Waals surface area (Å²) in [7, 11) is 0. The van der Waals surface area contributed by atoms with Gasteiger partial charge in [0, 0.05) is 13.0 Å². The third-order valence-corrected chi connectivity index (χ3v) is 3.59. The molecule has 0 N–H and O–H groups in total. The van der Waals surface area contributed by atoms with E-state index in [2.05, 4.69) is 0 Å². The van der Waals surface area contributed by atoms with Crippen LogP contribution in [0.4, 0.5) is 0 Å². The van der Waals surface area contributed by atoms with E-state index < -0.39 is 0 Å². The Kier molecular flexibility index (Phi) is 10.5. The van der Waals surface area contributed by atoms with Gasteiger partial charge in [-0.05, 0) is 19.8 Å². The summed E-state index contributed by atoms with van der Waals surface area (Å²) in [6.07, 6.45) is 9.82. The van der Waals surface area contributed by atoms with Crippen LogP contribution in [0, 0.1) is 0 Å². The van der Waals surface area contributed by atoms with Crippen LogP contribution in [0.1, 0.15) is 79.1 Å². The zero-order valence-corrected chi connectivity index (χ0v) is 13.2. The quantitative estimate of drug-likeness (QED) is 0.761. The molecule has 19 heavy (non-hydrogen) atoms. The van der Waals surface area contributed by atoms with Gasteiger partial charge in [-0.15, -0.1) is 0 Å². The number of carbonyl (C=O) groups is 2. The van der Waals surface area contributed by atoms with Gasteiger partial charge in [-0.3, -0.25) is 9.59 Å². The first-order valence-corrected chi connectivity index (χ1v) is 7.96. The molecule has 112 valence electrons. The van der Waals surface area contributed by atoms with E-state index in [1.165, 1.54) is 32.1 Å². The minimum absolute atomic E-state index is 0.104. The van der Waals surface area contributed by atoms with Crippen molar-refractivity contribution in [3.63, 3.8) is 0 Å². The van der Waals surface area contributed by atoms with Gasteiger partial charge in [0.05, 0.1) is 6.04 Å². The lowest BCUT2D eigenvalue weighted by Crippen LogP contribution is -2.39. The number of carbonyl (C=O) groups excluding carboxylic acids is 2. The SMILES string of the molecule is C1CCCC1.CC.CCC(=O)N1CCCC1C(C)=O. The Morgan fingerprint density at radius 2 is 1.47 bits per heavy atom. The average Bonchev–Trinajstić information content (AvgIpc) is 3.13. The molecule has 1 saturated heterocycles. The minimum atomic E-state index is -0.127. The minimum Gasteiger partial charge on any atom is -0.333 e. The average molecular weight is 269 g/mol. The Labute approximate surface area is 118 Å². The van der Waals surface area contributed by atoms with E-state index in [0.29, 0.717) is 6.42 Å². The van der Waals surface area contributed by atoms with Crippen LogP contribution in [0.3, 0.4) is 0 Å². The molecular weight excluding hydrogens is 238 g/mol. The van der Waals surface area contributed by atoms with E-state index in [1.807, 2.05) is 20.8 Å². The number of Topliss-reactive ketones (excluding diaryl/α,β-unsaturated/α-hetero) is 1. The zero-order chi connectivity index (χ0) is 14.7. The molecule has 2 rings (SSSR count). The standard InChI is InChI=1S/C9H15NO2.C5H10.C2H6/c1-3-9(12)10-6-4-5-8(10)7(2)11;1-2-4-5-3-1;1-2/h8H,3-6H2,1-2H3;1-5H2;1-2H3. The third kappa shape index (κ3) is 6.74. The van der Waals surface area contributed by atoms with Crippen molar-refractivity contribution in [3.05, 3.63) is 0 Å². The highest BCUT2D eigenvalue weighted by Crippen LogP contribution is 2.18. The highest BCUT2D eigenvalue weighted by molar-refractivity contribution is 5.87. The molecule has 0 aromatic heterocycles. The first-order valence-electron chi connectivity index (χ1n) is 7.96. The summed E-state index contributed by atoms with van der Waals surface area (Å²) in [6, 6.07) is -0.127. The molecule has 1 atom stereocenters. The molecule has 1 aliphatic heterocycles. The molecule has 1 unspecified atom stereocenters. The third-order valence-electron chi connectivity index (χ3n) is 3.59. The van der Waals surface area contributed by atoms with Crippen molar-refractivity contribution in [2.75, 3.05) is 6.54 Å². The fraction of sp³-hybridized carbons (Fsp3) is 0.875. The molecular formula is C16H31NO2. The van der Waals surface area contributed by atoms with Gasteiger partial charge >= 0.3 is 0 Å². The second kappa shape index (κ2) is 11.0. The van der Waals surface area contributed by atoms with Crippen LogP contribution in [0.2, 0.25) is 0 Å². The van der Waals surface area contributed by atoms with Crippen molar-refractivity contribution in [1.82, 2.24) is 4.90 Å². The van der Waals surface area contributed by atoms with Gasteiger partial charge in [0.15, 0.2) is 5.78 Å². The van der Waals surface area contributed by atoms with E-state index >= 15 is 0 Å². The number of likely N-dealkylation sites (tertiary alicyclic amines) is 1. The lowest BCUT2D eigenvalue weighted by molar-refractivity contribution is -0.136. The van der Waals surface area contributed by atoms with Gasteiger partial charge in [0.1, 0.15) is 0 Å². The smallest absolute Gasteiger partial charge is 0.222 e. The lowest BCUT2D eigenvalue weighted by Gasteiger charge is -2.21. The maximum atomic E-state index is 11.3. The van der Waals surface area contributed by atoms with Crippen molar-refractivity contribution in [3.8, 4) is 0 Å². The summed E-state index contributed by atoms with van der Waals surface area (Å²) in [5.74, 6) is 0.224. The number of amides is 1. The Hall–Kier alpha value is -0.860. The maximum absolute atomic E-state index is 11.3. The molecule has 3 heteroatoms. The summed E-state index contributed by atoms with van der Waals surface area (Å²) in [5, 5.41) is 0. The van der Waals surface area contributed by atoms with Crippen LogP contribution in [-0.2, 0) is 9.59 Å². The zero-order valence-electron chi connectivity index (χ0n) is 13.2. The van der Waals surface area contributed by atoms with E-state index in [-0.39, 0.29) is 17.7 Å². The van der Waals surface area contributed by atoms with E-state index in [4.69, 9.17) is 0 Å². The highest BCUT2D eigenvalue weighted by atomic mass is 16.2. The van der Waals surface area contributed by atoms with Gasteiger partial charge in [-0.25, -0.2) is 0 Å². The molecule has 2 aliphatic rings. The van der Waals surface area contributed by atoms with Crippen LogP contribution >= 0.6 is 0 Å². The van der Waals surface area contributed by atoms with E-state index in [0.717, 1.165) is 19.4 Å². The summed E-state index contributed by atoms with van der Waals surface area (Å²) in [6.45, 7) is 8.15. The normalized spacial score (nSPS) is 21.1. The van der Waals surface area contributed by atoms with Crippen molar-refractivity contribution >= 4 is 11.7 Å². The Bertz CT molecular complexity index is 252. The molecule has 0 radical (unpaired) electrons. The van der Waals surface area contributed by atoms with Gasteiger partial charge in [-0.1, -0.05) is 52.9 Å². The number of ketones is 1. The number of hydrogen-bond acceptors (Lipinski definition) is 2. The molecule has 0 spiro atoms. The van der Waals surface area contributed by atoms with Crippen LogP contribution < -0.4 is 0 Å². The largest absolute Gasteiger partial charge is 0.333 e. The van der Waals surface area contributed by atoms with Crippen LogP contribution in [0.15, 0.2) is 0 Å². The predicted octanol–water partition coefficient (Wildman–Crippen LogP) is 3.95. The summed E-state index contributed by atoms with van der Waals surface area (Å²) in [4.78, 5) is 24.1. The first kappa shape index (κ1) is 18.1. The summed E-state index contributed by atoms with van der Waals surface area (Å²) in [5.41, 5.74) is 0. The second-order valence-corrected chi connectivity index (χ2v) is 4.98. The maximum Gasteiger partial charge on any atom is 0.222 e. The van der Waals surface area contributed by atoms with Gasteiger partial charge in [0.2, 0.25) is 5.91 Å². The highest BCUT2D eigenvalue weighted by Gasteiger charge is 2.30. The van der Waals surface area contributed by atoms with Crippen molar-refractivity contribution < 1.29 is 9.59 Å². The summed E-state index contributed by atoms with van der Waals surface area (Å²) >= 11 is 0. The monoisotopic (exact) mass is 269 g/mol. The molecule has 0 aromatic rings. The topological polar surface area (TPSA) is 37.4 Å². The van der Waals surface area contributed by atoms with E-state index in [1.54, 1.807) is 11.8 Å². The van der Waals surface area contributed by atoms with Gasteiger partial charge in [-0.2, -0.15) is 0 Å². The van der Waals surface area contributed by atoms with E-state index in [9.17, 15) is 9.59 Å². The Balaban J connectivity index is 0.000000383. The molecule has 1 heterocycles. The van der Waals surface area contributed by atoms with Gasteiger partial charge in [0.25, 0.3) is 0 Å². The molecule has 0 bridgehead atoms. The predicted molar refractivity (Wildman–Crippen MR) is 80.1 cm³/mol. The van der Waals surface area contributed by atoms with Crippen molar-refractivity contribution in [1.29, 1.82) is 0 Å². The number of hydrogen-bond donors (Lipinski definition) is 0. The molecule has 1 aliphatic carbocycles. The Morgan fingerprint density at radius 1 is 1.00 bits per heavy atom. The van der Waals surface area contributed by atoms with Crippen LogP contribution in [-0.4, -0.2) is 29.2 Å².